The summed E-state index contributed by atoms with van der Waals surface area (Å²) in [7, 11) is 0. The number of hydrogen-bond acceptors (Lipinski definition) is 7. The largest absolute Gasteiger partial charge is 0.453 e. The quantitative estimate of drug-likeness (QED) is 0.640. The second kappa shape index (κ2) is 8.70. The molecular weight excluding hydrogens is 348 g/mol. The molecule has 3 aromatic rings. The second-order valence-electron chi connectivity index (χ2n) is 5.68. The van der Waals surface area contributed by atoms with E-state index in [1.165, 1.54) is 19.3 Å². The molecule has 8 heteroatoms. The fraction of sp³-hybridized carbons (Fsp3) is 0.211. The van der Waals surface area contributed by atoms with Gasteiger partial charge in [-0.25, -0.2) is 15.0 Å². The van der Waals surface area contributed by atoms with Gasteiger partial charge < -0.3 is 9.15 Å². The summed E-state index contributed by atoms with van der Waals surface area (Å²) in [6.07, 6.45) is 3.98. The zero-order chi connectivity index (χ0) is 19.1. The molecule has 0 saturated carbocycles. The standard InChI is InChI=1S/C19H18N4O4/c1-13(18(25)23-19-20-10-5-11-21-19)26-17(24)9-8-16-22-12-15(27-16)14-6-3-2-4-7-14/h2-7,10-13H,8-9H2,1H3,(H,20,21,23,25)/t13-/m1/s1. The van der Waals surface area contributed by atoms with Crippen LogP contribution in [0.1, 0.15) is 19.2 Å². The van der Waals surface area contributed by atoms with Crippen LogP contribution < -0.4 is 5.32 Å². The van der Waals surface area contributed by atoms with Crippen molar-refractivity contribution in [2.75, 3.05) is 5.32 Å². The number of nitrogens with zero attached hydrogens (tertiary/aromatic N) is 3. The fourth-order valence-corrected chi connectivity index (χ4v) is 2.26. The van der Waals surface area contributed by atoms with E-state index in [-0.39, 0.29) is 18.8 Å². The average molecular weight is 366 g/mol. The Labute approximate surface area is 155 Å². The average Bonchev–Trinajstić information content (AvgIpc) is 3.17. The Morgan fingerprint density at radius 3 is 2.59 bits per heavy atom. The Morgan fingerprint density at radius 2 is 1.85 bits per heavy atom. The van der Waals surface area contributed by atoms with Gasteiger partial charge in [0.15, 0.2) is 17.8 Å². The van der Waals surface area contributed by atoms with E-state index in [2.05, 4.69) is 20.3 Å². The van der Waals surface area contributed by atoms with Gasteiger partial charge in [0.25, 0.3) is 5.91 Å². The lowest BCUT2D eigenvalue weighted by atomic mass is 10.2. The van der Waals surface area contributed by atoms with Gasteiger partial charge in [0.1, 0.15) is 0 Å². The molecule has 0 bridgehead atoms. The zero-order valence-electron chi connectivity index (χ0n) is 14.7. The van der Waals surface area contributed by atoms with Gasteiger partial charge in [0.2, 0.25) is 5.95 Å². The molecule has 138 valence electrons. The maximum absolute atomic E-state index is 12.0. The summed E-state index contributed by atoms with van der Waals surface area (Å²) in [4.78, 5) is 35.9. The van der Waals surface area contributed by atoms with Gasteiger partial charge in [-0.15, -0.1) is 0 Å². The molecule has 8 nitrogen and oxygen atoms in total. The van der Waals surface area contributed by atoms with Crippen molar-refractivity contribution >= 4 is 17.8 Å². The topological polar surface area (TPSA) is 107 Å². The van der Waals surface area contributed by atoms with Gasteiger partial charge in [0.05, 0.1) is 12.6 Å². The summed E-state index contributed by atoms with van der Waals surface area (Å²) >= 11 is 0. The van der Waals surface area contributed by atoms with E-state index >= 15 is 0 Å². The van der Waals surface area contributed by atoms with Crippen LogP contribution in [0, 0.1) is 0 Å². The van der Waals surface area contributed by atoms with Gasteiger partial charge >= 0.3 is 5.97 Å². The lowest BCUT2D eigenvalue weighted by Crippen LogP contribution is -2.30. The first-order chi connectivity index (χ1) is 13.1. The second-order valence-corrected chi connectivity index (χ2v) is 5.68. The number of nitrogens with one attached hydrogen (secondary N) is 1. The number of carbonyl (C=O) groups excluding carboxylic acids is 2. The third-order valence-corrected chi connectivity index (χ3v) is 3.63. The summed E-state index contributed by atoms with van der Waals surface area (Å²) in [5.41, 5.74) is 0.909. The van der Waals surface area contributed by atoms with E-state index in [0.29, 0.717) is 11.7 Å². The molecule has 3 rings (SSSR count). The molecule has 1 aromatic carbocycles. The lowest BCUT2D eigenvalue weighted by Gasteiger charge is -2.12. The maximum Gasteiger partial charge on any atom is 0.307 e. The molecule has 0 unspecified atom stereocenters. The van der Waals surface area contributed by atoms with Crippen LogP contribution in [0.5, 0.6) is 0 Å². The summed E-state index contributed by atoms with van der Waals surface area (Å²) in [6, 6.07) is 11.2. The van der Waals surface area contributed by atoms with E-state index in [9.17, 15) is 9.59 Å². The Hall–Kier alpha value is -3.55. The summed E-state index contributed by atoms with van der Waals surface area (Å²) < 4.78 is 10.8. The number of amides is 1. The number of carbonyl (C=O) groups is 2. The van der Waals surface area contributed by atoms with Crippen molar-refractivity contribution in [2.24, 2.45) is 0 Å². The number of anilines is 1. The molecule has 1 N–H and O–H groups in total. The molecule has 0 spiro atoms. The zero-order valence-corrected chi connectivity index (χ0v) is 14.7. The third-order valence-electron chi connectivity index (χ3n) is 3.63. The van der Waals surface area contributed by atoms with E-state index in [4.69, 9.17) is 9.15 Å². The smallest absolute Gasteiger partial charge is 0.307 e. The molecule has 0 aliphatic carbocycles. The van der Waals surface area contributed by atoms with Crippen LogP contribution in [0.15, 0.2) is 59.4 Å². The van der Waals surface area contributed by atoms with Crippen LogP contribution in [0.25, 0.3) is 11.3 Å². The normalized spacial score (nSPS) is 11.6. The molecule has 0 aliphatic heterocycles. The highest BCUT2D eigenvalue weighted by molar-refractivity contribution is 5.93. The van der Waals surface area contributed by atoms with Crippen LogP contribution in [0.2, 0.25) is 0 Å². The number of hydrogen-bond donors (Lipinski definition) is 1. The number of esters is 1. The van der Waals surface area contributed by atoms with Crippen molar-refractivity contribution < 1.29 is 18.7 Å². The van der Waals surface area contributed by atoms with Crippen molar-refractivity contribution in [2.45, 2.75) is 25.9 Å². The molecule has 27 heavy (non-hydrogen) atoms. The summed E-state index contributed by atoms with van der Waals surface area (Å²) in [6.45, 7) is 1.48. The Morgan fingerprint density at radius 1 is 1.11 bits per heavy atom. The molecule has 2 aromatic heterocycles. The van der Waals surface area contributed by atoms with Gasteiger partial charge in [0, 0.05) is 24.4 Å². The number of oxazole rings is 1. The SMILES string of the molecule is C[C@@H](OC(=O)CCc1ncc(-c2ccccc2)o1)C(=O)Nc1ncccn1. The first kappa shape index (κ1) is 18.2. The van der Waals surface area contributed by atoms with Crippen molar-refractivity contribution in [3.8, 4) is 11.3 Å². The van der Waals surface area contributed by atoms with Crippen molar-refractivity contribution in [3.63, 3.8) is 0 Å². The maximum atomic E-state index is 12.0. The third kappa shape index (κ3) is 5.21. The number of rotatable bonds is 7. The minimum absolute atomic E-state index is 0.0498. The Bertz CT molecular complexity index is 896. The minimum Gasteiger partial charge on any atom is -0.453 e. The molecule has 1 atom stereocenters. The molecule has 0 fully saturated rings. The molecular formula is C19H18N4O4. The molecule has 2 heterocycles. The predicted octanol–water partition coefficient (Wildman–Crippen LogP) is 2.63. The summed E-state index contributed by atoms with van der Waals surface area (Å²) in [5, 5.41) is 2.47. The van der Waals surface area contributed by atoms with Gasteiger partial charge in [-0.1, -0.05) is 30.3 Å². The highest BCUT2D eigenvalue weighted by Gasteiger charge is 2.19. The lowest BCUT2D eigenvalue weighted by molar-refractivity contribution is -0.153. The monoisotopic (exact) mass is 366 g/mol. The van der Waals surface area contributed by atoms with Gasteiger partial charge in [-0.2, -0.15) is 0 Å². The number of benzene rings is 1. The Balaban J connectivity index is 1.47. The fourth-order valence-electron chi connectivity index (χ4n) is 2.26. The predicted molar refractivity (Wildman–Crippen MR) is 96.5 cm³/mol. The molecule has 0 aliphatic rings. The van der Waals surface area contributed by atoms with E-state index in [1.54, 1.807) is 12.3 Å². The highest BCUT2D eigenvalue weighted by atomic mass is 16.5. The number of aromatic nitrogens is 3. The Kier molecular flexibility index (Phi) is 5.88. The van der Waals surface area contributed by atoms with Crippen molar-refractivity contribution in [1.82, 2.24) is 15.0 Å². The first-order valence-corrected chi connectivity index (χ1v) is 8.39. The molecule has 1 amide bonds. The van der Waals surface area contributed by atoms with Crippen LogP contribution in [-0.4, -0.2) is 32.9 Å². The van der Waals surface area contributed by atoms with Crippen molar-refractivity contribution in [3.05, 3.63) is 60.9 Å². The van der Waals surface area contributed by atoms with Crippen LogP contribution >= 0.6 is 0 Å². The van der Waals surface area contributed by atoms with Gasteiger partial charge in [-0.05, 0) is 13.0 Å². The van der Waals surface area contributed by atoms with Crippen LogP contribution in [0.3, 0.4) is 0 Å². The van der Waals surface area contributed by atoms with Crippen LogP contribution in [-0.2, 0) is 20.7 Å². The highest BCUT2D eigenvalue weighted by Crippen LogP contribution is 2.20. The van der Waals surface area contributed by atoms with E-state index in [1.807, 2.05) is 30.3 Å². The van der Waals surface area contributed by atoms with Crippen molar-refractivity contribution in [1.29, 1.82) is 0 Å². The summed E-state index contributed by atoms with van der Waals surface area (Å²) in [5.74, 6) is 0.192. The van der Waals surface area contributed by atoms with E-state index < -0.39 is 18.0 Å². The number of ether oxygens (including phenoxy) is 1. The van der Waals surface area contributed by atoms with Crippen LogP contribution in [0.4, 0.5) is 5.95 Å². The van der Waals surface area contributed by atoms with E-state index in [0.717, 1.165) is 5.56 Å². The van der Waals surface area contributed by atoms with Gasteiger partial charge in [-0.3, -0.25) is 14.9 Å². The first-order valence-electron chi connectivity index (χ1n) is 8.39. The molecule has 0 radical (unpaired) electrons. The number of aryl methyl sites for hydroxylation is 1. The minimum atomic E-state index is -0.967. The molecule has 0 saturated heterocycles.